The van der Waals surface area contributed by atoms with Gasteiger partial charge in [0.15, 0.2) is 0 Å². The molecule has 33 heavy (non-hydrogen) atoms. The molecule has 3 aliphatic carbocycles. The van der Waals surface area contributed by atoms with Crippen LogP contribution in [-0.4, -0.2) is 13.1 Å². The number of esters is 1. The molecular formula is C29H42F2O2. The van der Waals surface area contributed by atoms with Crippen molar-refractivity contribution in [2.75, 3.05) is 7.11 Å². The van der Waals surface area contributed by atoms with E-state index in [1.807, 2.05) is 0 Å². The normalized spacial score (nSPS) is 29.3. The van der Waals surface area contributed by atoms with Crippen LogP contribution in [0.2, 0.25) is 0 Å². The van der Waals surface area contributed by atoms with Gasteiger partial charge >= 0.3 is 5.97 Å². The zero-order valence-electron chi connectivity index (χ0n) is 20.6. The second kappa shape index (κ2) is 11.3. The summed E-state index contributed by atoms with van der Waals surface area (Å²) in [5.41, 5.74) is 0.765. The Kier molecular flexibility index (Phi) is 8.46. The van der Waals surface area contributed by atoms with Gasteiger partial charge in [0, 0.05) is 0 Å². The Balaban J connectivity index is 1.31. The second-order valence-corrected chi connectivity index (χ2v) is 11.2. The quantitative estimate of drug-likeness (QED) is 0.290. The van der Waals surface area contributed by atoms with E-state index in [1.165, 1.54) is 83.1 Å². The van der Waals surface area contributed by atoms with Gasteiger partial charge in [-0.05, 0) is 98.1 Å². The Morgan fingerprint density at radius 1 is 0.939 bits per heavy atom. The third kappa shape index (κ3) is 5.62. The fraction of sp³-hybridized carbons (Fsp3) is 0.759. The number of ether oxygens (including phenoxy) is 1. The van der Waals surface area contributed by atoms with Gasteiger partial charge in [-0.25, -0.2) is 13.6 Å². The fourth-order valence-electron chi connectivity index (χ4n) is 7.32. The molecule has 0 saturated heterocycles. The van der Waals surface area contributed by atoms with Crippen LogP contribution in [0.1, 0.15) is 112 Å². The van der Waals surface area contributed by atoms with Crippen LogP contribution in [0.3, 0.4) is 0 Å². The molecule has 5 atom stereocenters. The van der Waals surface area contributed by atoms with Crippen molar-refractivity contribution in [1.29, 1.82) is 0 Å². The van der Waals surface area contributed by atoms with E-state index in [1.54, 1.807) is 0 Å². The number of hydrogen-bond donors (Lipinski definition) is 0. The fourth-order valence-corrected chi connectivity index (χ4v) is 7.32. The van der Waals surface area contributed by atoms with E-state index in [2.05, 4.69) is 11.7 Å². The molecule has 2 nitrogen and oxygen atoms in total. The molecule has 0 spiro atoms. The van der Waals surface area contributed by atoms with Crippen molar-refractivity contribution >= 4 is 5.97 Å². The van der Waals surface area contributed by atoms with E-state index in [-0.39, 0.29) is 0 Å². The molecule has 184 valence electrons. The van der Waals surface area contributed by atoms with Gasteiger partial charge in [-0.3, -0.25) is 0 Å². The highest BCUT2D eigenvalue weighted by Gasteiger charge is 2.39. The molecular weight excluding hydrogens is 418 g/mol. The summed E-state index contributed by atoms with van der Waals surface area (Å²) in [6.45, 7) is 2.28. The van der Waals surface area contributed by atoms with Crippen molar-refractivity contribution in [1.82, 2.24) is 0 Å². The van der Waals surface area contributed by atoms with Gasteiger partial charge < -0.3 is 4.74 Å². The maximum absolute atomic E-state index is 14.9. The molecule has 0 aromatic heterocycles. The van der Waals surface area contributed by atoms with Crippen molar-refractivity contribution in [3.05, 3.63) is 34.4 Å². The first-order valence-corrected chi connectivity index (χ1v) is 13.6. The van der Waals surface area contributed by atoms with Gasteiger partial charge in [-0.2, -0.15) is 0 Å². The molecule has 0 radical (unpaired) electrons. The molecule has 0 heterocycles. The average molecular weight is 461 g/mol. The van der Waals surface area contributed by atoms with E-state index < -0.39 is 23.2 Å². The van der Waals surface area contributed by atoms with Crippen LogP contribution in [0.4, 0.5) is 8.78 Å². The van der Waals surface area contributed by atoms with Crippen LogP contribution < -0.4 is 0 Å². The summed E-state index contributed by atoms with van der Waals surface area (Å²) >= 11 is 0. The van der Waals surface area contributed by atoms with Gasteiger partial charge in [0.2, 0.25) is 0 Å². The number of carbonyl (C=O) groups is 1. The lowest BCUT2D eigenvalue weighted by atomic mass is 9.60. The Morgan fingerprint density at radius 3 is 2.39 bits per heavy atom. The van der Waals surface area contributed by atoms with Crippen LogP contribution in [0.25, 0.3) is 0 Å². The summed E-state index contributed by atoms with van der Waals surface area (Å²) < 4.78 is 34.0. The van der Waals surface area contributed by atoms with Crippen LogP contribution in [-0.2, 0) is 17.6 Å². The molecule has 4 heteroatoms. The zero-order chi connectivity index (χ0) is 23.4. The number of hydrogen-bond acceptors (Lipinski definition) is 2. The van der Waals surface area contributed by atoms with Crippen LogP contribution in [0, 0.1) is 41.2 Å². The smallest absolute Gasteiger partial charge is 0.343 e. The first-order valence-electron chi connectivity index (χ1n) is 13.6. The minimum atomic E-state index is -0.926. The summed E-state index contributed by atoms with van der Waals surface area (Å²) in [5, 5.41) is 0. The summed E-state index contributed by atoms with van der Waals surface area (Å²) in [4.78, 5) is 11.8. The second-order valence-electron chi connectivity index (χ2n) is 11.2. The number of unbranched alkanes of at least 4 members (excludes halogenated alkanes) is 4. The van der Waals surface area contributed by atoms with Crippen molar-refractivity contribution in [2.45, 2.75) is 103 Å². The van der Waals surface area contributed by atoms with E-state index >= 15 is 0 Å². The lowest BCUT2D eigenvalue weighted by Gasteiger charge is -2.45. The van der Waals surface area contributed by atoms with Gasteiger partial charge in [0.1, 0.15) is 17.2 Å². The molecule has 5 unspecified atom stereocenters. The molecule has 0 aliphatic heterocycles. The minimum Gasteiger partial charge on any atom is -0.465 e. The van der Waals surface area contributed by atoms with E-state index in [0.29, 0.717) is 23.8 Å². The maximum Gasteiger partial charge on any atom is 0.343 e. The first kappa shape index (κ1) is 24.7. The van der Waals surface area contributed by atoms with Crippen LogP contribution in [0.15, 0.2) is 6.07 Å². The maximum atomic E-state index is 14.9. The number of rotatable bonds is 8. The minimum absolute atomic E-state index is 0.512. The SMILES string of the molecule is CCCCCCCC1CCC2CC(C3CCc4c(cc(F)c(C(=O)OC)c4F)C3)CCC2C1. The molecule has 1 aromatic carbocycles. The largest absolute Gasteiger partial charge is 0.465 e. The Bertz CT molecular complexity index is 820. The Hall–Kier alpha value is -1.45. The molecule has 3 aliphatic rings. The Morgan fingerprint density at radius 2 is 1.64 bits per heavy atom. The topological polar surface area (TPSA) is 26.3 Å². The molecule has 0 N–H and O–H groups in total. The third-order valence-corrected chi connectivity index (χ3v) is 9.19. The van der Waals surface area contributed by atoms with Gasteiger partial charge in [0.05, 0.1) is 7.11 Å². The lowest BCUT2D eigenvalue weighted by molar-refractivity contribution is 0.0588. The molecule has 2 saturated carbocycles. The van der Waals surface area contributed by atoms with Crippen LogP contribution in [0.5, 0.6) is 0 Å². The Labute approximate surface area is 198 Å². The number of methoxy groups -OCH3 is 1. The highest BCUT2D eigenvalue weighted by molar-refractivity contribution is 5.90. The molecule has 0 amide bonds. The lowest BCUT2D eigenvalue weighted by Crippen LogP contribution is -2.35. The van der Waals surface area contributed by atoms with Crippen molar-refractivity contribution < 1.29 is 18.3 Å². The summed E-state index contributed by atoms with van der Waals surface area (Å²) in [7, 11) is 1.16. The third-order valence-electron chi connectivity index (χ3n) is 9.19. The predicted octanol–water partition coefficient (Wildman–Crippen LogP) is 8.05. The van der Waals surface area contributed by atoms with Crippen molar-refractivity contribution in [3.8, 4) is 0 Å². The average Bonchev–Trinajstić information content (AvgIpc) is 2.83. The number of fused-ring (bicyclic) bond motifs is 2. The highest BCUT2D eigenvalue weighted by Crippen LogP contribution is 2.49. The molecule has 0 bridgehead atoms. The van der Waals surface area contributed by atoms with Gasteiger partial charge in [-0.15, -0.1) is 0 Å². The van der Waals surface area contributed by atoms with E-state index in [0.717, 1.165) is 43.3 Å². The van der Waals surface area contributed by atoms with Gasteiger partial charge in [0.25, 0.3) is 0 Å². The molecule has 1 aromatic rings. The number of halogens is 2. The van der Waals surface area contributed by atoms with Crippen molar-refractivity contribution in [2.24, 2.45) is 29.6 Å². The highest BCUT2D eigenvalue weighted by atomic mass is 19.1. The monoisotopic (exact) mass is 460 g/mol. The van der Waals surface area contributed by atoms with E-state index in [4.69, 9.17) is 0 Å². The van der Waals surface area contributed by atoms with Gasteiger partial charge in [-0.1, -0.05) is 51.9 Å². The zero-order valence-corrected chi connectivity index (χ0v) is 20.6. The number of benzene rings is 1. The standard InChI is InChI=1S/C29H42F2O2/c1-3-4-5-6-7-8-19-9-10-21-16-22(12-11-20(21)15-19)23-13-14-25-24(17-23)18-26(30)27(28(25)31)29(32)33-2/h18-23H,3-17H2,1-2H3. The van der Waals surface area contributed by atoms with Crippen molar-refractivity contribution in [3.63, 3.8) is 0 Å². The summed E-state index contributed by atoms with van der Waals surface area (Å²) in [5.74, 6) is 1.49. The van der Waals surface area contributed by atoms with E-state index in [9.17, 15) is 13.6 Å². The summed E-state index contributed by atoms with van der Waals surface area (Å²) in [6, 6.07) is 1.40. The number of carbonyl (C=O) groups excluding carboxylic acids is 1. The molecule has 2 fully saturated rings. The molecule has 4 rings (SSSR count). The van der Waals surface area contributed by atoms with Crippen LogP contribution >= 0.6 is 0 Å². The predicted molar refractivity (Wildman–Crippen MR) is 128 cm³/mol. The first-order chi connectivity index (χ1) is 16.0. The summed E-state index contributed by atoms with van der Waals surface area (Å²) in [6.07, 6.45) is 18.8.